The molecule has 1 spiro atoms. The summed E-state index contributed by atoms with van der Waals surface area (Å²) >= 11 is 1.66. The summed E-state index contributed by atoms with van der Waals surface area (Å²) in [6.45, 7) is 21.3. The number of hydrogen-bond acceptors (Lipinski definition) is 8. The average Bonchev–Trinajstić information content (AvgIpc) is 3.65. The van der Waals surface area contributed by atoms with Crippen LogP contribution in [-0.4, -0.2) is 101 Å². The molecule has 2 atom stereocenters. The zero-order chi connectivity index (χ0) is 41.3. The number of amides is 2. The topological polar surface area (TPSA) is 136 Å². The number of carboxylic acid groups (broad SMARTS) is 1. The number of carbonyl (C=O) groups excluding carboxylic acids is 1. The largest absolute Gasteiger partial charge is 0.506 e. The molecule has 0 bridgehead atoms. The second kappa shape index (κ2) is 17.1. The molecule has 3 N–H and O–H groups in total. The molecule has 2 saturated heterocycles. The summed E-state index contributed by atoms with van der Waals surface area (Å²) in [5, 5.41) is 23.7. The summed E-state index contributed by atoms with van der Waals surface area (Å²) in [5.74, 6) is 0.446. The number of phenols is 1. The monoisotopic (exact) mass is 816 g/mol. The number of ether oxygens (including phenoxy) is 1. The molecule has 4 heterocycles. The number of benzene rings is 2. The highest BCUT2D eigenvalue weighted by Crippen LogP contribution is 2.42. The number of aromatic amines is 1. The van der Waals surface area contributed by atoms with Crippen molar-refractivity contribution in [3.63, 3.8) is 0 Å². The fraction of sp³-hybridized carbons (Fsp3) is 0.523. The number of nitrogens with one attached hydrogen (secondary N) is 1. The Hall–Kier alpha value is -4.01. The van der Waals surface area contributed by atoms with Gasteiger partial charge in [-0.1, -0.05) is 65.0 Å². The Kier molecular flexibility index (Phi) is 12.8. The van der Waals surface area contributed by atoms with Gasteiger partial charge in [0.25, 0.3) is 5.91 Å². The van der Waals surface area contributed by atoms with Crippen molar-refractivity contribution in [1.29, 1.82) is 0 Å². The van der Waals surface area contributed by atoms with Gasteiger partial charge in [0, 0.05) is 53.9 Å². The molecule has 11 nitrogen and oxygen atoms in total. The van der Waals surface area contributed by atoms with Crippen LogP contribution in [0, 0.1) is 0 Å². The fourth-order valence-electron chi connectivity index (χ4n) is 7.85. The molecule has 2 fully saturated rings. The number of rotatable bonds is 12. The van der Waals surface area contributed by atoms with E-state index in [2.05, 4.69) is 75.8 Å². The van der Waals surface area contributed by atoms with Crippen molar-refractivity contribution in [1.82, 2.24) is 19.7 Å². The van der Waals surface area contributed by atoms with Gasteiger partial charge in [0.05, 0.1) is 42.5 Å². The number of likely N-dealkylation sites (tertiary alicyclic amines) is 1. The second-order valence-corrected chi connectivity index (χ2v) is 23.6. The number of pyridine rings is 1. The van der Waals surface area contributed by atoms with Crippen LogP contribution in [0.4, 0.5) is 4.79 Å². The number of nitrogens with zero attached hydrogens (tertiary/aromatic N) is 3. The molecule has 308 valence electrons. The van der Waals surface area contributed by atoms with Gasteiger partial charge in [-0.25, -0.2) is 4.79 Å². The van der Waals surface area contributed by atoms with Crippen LogP contribution in [0.15, 0.2) is 64.8 Å². The Morgan fingerprint density at radius 1 is 1.04 bits per heavy atom. The smallest absolute Gasteiger partial charge is 0.407 e. The van der Waals surface area contributed by atoms with Crippen LogP contribution in [0.3, 0.4) is 0 Å². The van der Waals surface area contributed by atoms with E-state index in [0.29, 0.717) is 48.5 Å². The van der Waals surface area contributed by atoms with E-state index >= 15 is 0 Å². The lowest BCUT2D eigenvalue weighted by Gasteiger charge is -2.47. The van der Waals surface area contributed by atoms with E-state index in [4.69, 9.17) is 9.16 Å². The van der Waals surface area contributed by atoms with E-state index in [0.717, 1.165) is 43.6 Å². The number of phenolic OH excluding ortho intramolecular Hbond substituents is 1. The summed E-state index contributed by atoms with van der Waals surface area (Å²) < 4.78 is 13.4. The van der Waals surface area contributed by atoms with Crippen molar-refractivity contribution < 1.29 is 29.0 Å². The zero-order valence-corrected chi connectivity index (χ0v) is 36.6. The quantitative estimate of drug-likeness (QED) is 0.121. The molecular formula is C44H60N4O7SSi. The lowest BCUT2D eigenvalue weighted by atomic mass is 9.89. The van der Waals surface area contributed by atoms with Gasteiger partial charge in [0.1, 0.15) is 5.75 Å². The minimum atomic E-state index is -2.42. The number of piperidine rings is 1. The Morgan fingerprint density at radius 3 is 2.42 bits per heavy atom. The normalized spacial score (nSPS) is 17.6. The maximum absolute atomic E-state index is 13.4. The number of aromatic nitrogens is 1. The maximum atomic E-state index is 13.4. The Labute approximate surface area is 341 Å². The lowest BCUT2D eigenvalue weighted by Crippen LogP contribution is -2.57. The Bertz CT molecular complexity index is 2120. The van der Waals surface area contributed by atoms with Gasteiger partial charge in [0.2, 0.25) is 5.56 Å². The number of carbonyl (C=O) groups is 2. The molecule has 0 aliphatic carbocycles. The summed E-state index contributed by atoms with van der Waals surface area (Å²) in [6.07, 6.45) is 0.542. The van der Waals surface area contributed by atoms with Gasteiger partial charge in [-0.05, 0) is 85.1 Å². The Balaban J connectivity index is 1.12. The van der Waals surface area contributed by atoms with E-state index in [1.54, 1.807) is 23.5 Å². The summed E-state index contributed by atoms with van der Waals surface area (Å²) in [6, 6.07) is 16.5. The van der Waals surface area contributed by atoms with Crippen molar-refractivity contribution in [2.75, 3.05) is 39.3 Å². The van der Waals surface area contributed by atoms with E-state index in [1.807, 2.05) is 29.3 Å². The van der Waals surface area contributed by atoms with E-state index in [9.17, 15) is 24.6 Å². The summed E-state index contributed by atoms with van der Waals surface area (Å²) in [4.78, 5) is 48.5. The van der Waals surface area contributed by atoms with Crippen LogP contribution in [0.1, 0.15) is 98.3 Å². The third-order valence-corrected chi connectivity index (χ3v) is 18.0. The highest BCUT2D eigenvalue weighted by atomic mass is 32.1. The molecule has 4 aromatic rings. The number of aromatic hydroxyl groups is 1. The first kappa shape index (κ1) is 42.6. The predicted molar refractivity (Wildman–Crippen MR) is 229 cm³/mol. The Morgan fingerprint density at radius 2 is 1.75 bits per heavy atom. The van der Waals surface area contributed by atoms with Gasteiger partial charge in [0.15, 0.2) is 8.32 Å². The van der Waals surface area contributed by atoms with Gasteiger partial charge < -0.3 is 34.2 Å². The van der Waals surface area contributed by atoms with E-state index in [-0.39, 0.29) is 40.4 Å². The second-order valence-electron chi connectivity index (χ2n) is 17.9. The van der Waals surface area contributed by atoms with Crippen LogP contribution >= 0.6 is 11.3 Å². The van der Waals surface area contributed by atoms with Crippen LogP contribution in [0.25, 0.3) is 10.9 Å². The molecule has 2 amide bonds. The minimum absolute atomic E-state index is 0.0552. The fourth-order valence-corrected chi connectivity index (χ4v) is 10.0. The molecule has 57 heavy (non-hydrogen) atoms. The van der Waals surface area contributed by atoms with Crippen LogP contribution < -0.4 is 5.56 Å². The molecule has 2 aliphatic rings. The zero-order valence-electron chi connectivity index (χ0n) is 34.8. The number of morpholine rings is 1. The third-order valence-electron chi connectivity index (χ3n) is 12.3. The summed E-state index contributed by atoms with van der Waals surface area (Å²) in [5.41, 5.74) is 3.35. The highest BCUT2D eigenvalue weighted by molar-refractivity contribution is 7.10. The molecule has 2 aromatic heterocycles. The molecule has 0 saturated carbocycles. The van der Waals surface area contributed by atoms with Crippen molar-refractivity contribution >= 4 is 42.6 Å². The van der Waals surface area contributed by atoms with E-state index in [1.165, 1.54) is 27.5 Å². The van der Waals surface area contributed by atoms with Gasteiger partial charge in [-0.3, -0.25) is 14.5 Å². The third kappa shape index (κ3) is 9.82. The van der Waals surface area contributed by atoms with Crippen molar-refractivity contribution in [2.45, 2.75) is 109 Å². The van der Waals surface area contributed by atoms with Crippen molar-refractivity contribution in [3.8, 4) is 5.75 Å². The average molecular weight is 817 g/mol. The number of thiophene rings is 1. The first-order valence-electron chi connectivity index (χ1n) is 20.2. The lowest BCUT2D eigenvalue weighted by molar-refractivity contribution is -0.127. The van der Waals surface area contributed by atoms with Crippen LogP contribution in [0.5, 0.6) is 5.75 Å². The van der Waals surface area contributed by atoms with Crippen molar-refractivity contribution in [2.24, 2.45) is 0 Å². The van der Waals surface area contributed by atoms with Crippen LogP contribution in [0.2, 0.25) is 18.1 Å². The first-order valence-corrected chi connectivity index (χ1v) is 24.0. The molecule has 0 unspecified atom stereocenters. The predicted octanol–water partition coefficient (Wildman–Crippen LogP) is 8.60. The molecule has 2 aromatic carbocycles. The van der Waals surface area contributed by atoms with Gasteiger partial charge >= 0.3 is 6.09 Å². The molecular weight excluding hydrogens is 757 g/mol. The van der Waals surface area contributed by atoms with E-state index < -0.39 is 20.5 Å². The molecule has 0 radical (unpaired) electrons. The molecule has 13 heteroatoms. The van der Waals surface area contributed by atoms with Gasteiger partial charge in [-0.15, -0.1) is 11.3 Å². The molecule has 6 rings (SSSR count). The highest BCUT2D eigenvalue weighted by Gasteiger charge is 2.42. The van der Waals surface area contributed by atoms with Crippen molar-refractivity contribution in [3.05, 3.63) is 97.5 Å². The maximum Gasteiger partial charge on any atom is 0.407 e. The van der Waals surface area contributed by atoms with Crippen LogP contribution in [-0.2, 0) is 22.1 Å². The summed E-state index contributed by atoms with van der Waals surface area (Å²) in [7, 11) is -2.42. The minimum Gasteiger partial charge on any atom is -0.506 e. The molecule has 2 aliphatic heterocycles. The number of hydrogen-bond donors (Lipinski definition) is 3. The van der Waals surface area contributed by atoms with Gasteiger partial charge in [-0.2, -0.15) is 0 Å². The SMILES string of the molecule is CC(C)c1cc(C(=O)N2CCOC3(CCN(Cc4cccc(C[C@@H](C)N(C[C@H](O[Si](C)(C)C(C)(C)C)c5ccc(O)c6[nH]c(=O)ccc56)C(=O)O)c4)CC3)C2)cs1. The standard InChI is InChI=1S/C44H60N4O7SSi/c1-29(2)38-24-33(27-56-38)41(51)47-20-21-54-44(28-47)16-18-46(19-17-44)25-32-11-9-10-31(23-32)22-30(3)48(42(52)53)26-37(55-57(7,8)43(4,5)6)34-12-14-36(49)40-35(34)13-15-39(50)45-40/h9-15,23-24,27,29-30,37,49H,16-22,25-26,28H2,1-8H3,(H,45,50)(H,52,53)/t30-,37+/m1/s1. The number of H-pyrrole nitrogens is 1. The number of fused-ring (bicyclic) bond motifs is 1. The first-order chi connectivity index (χ1) is 26.8.